The van der Waals surface area contributed by atoms with E-state index >= 15 is 0 Å². The van der Waals surface area contributed by atoms with Crippen molar-refractivity contribution in [3.63, 3.8) is 0 Å². The summed E-state index contributed by atoms with van der Waals surface area (Å²) >= 11 is 0. The second-order valence-corrected chi connectivity index (χ2v) is 5.18. The predicted octanol–water partition coefficient (Wildman–Crippen LogP) is 2.96. The molecule has 19 heavy (non-hydrogen) atoms. The minimum absolute atomic E-state index is 0.214. The zero-order valence-corrected chi connectivity index (χ0v) is 11.3. The summed E-state index contributed by atoms with van der Waals surface area (Å²) in [4.78, 5) is 11.1. The van der Waals surface area contributed by atoms with Gasteiger partial charge < -0.3 is 5.11 Å². The summed E-state index contributed by atoms with van der Waals surface area (Å²) in [6, 6.07) is 5.16. The molecule has 0 atom stereocenters. The van der Waals surface area contributed by atoms with Gasteiger partial charge in [0.1, 0.15) is 5.52 Å². The van der Waals surface area contributed by atoms with Crippen LogP contribution in [-0.4, -0.2) is 26.1 Å². The maximum atomic E-state index is 11.1. The summed E-state index contributed by atoms with van der Waals surface area (Å²) < 4.78 is 1.79. The van der Waals surface area contributed by atoms with Crippen LogP contribution < -0.4 is 0 Å². The fraction of sp³-hybridized carbons (Fsp3) is 0.500. The van der Waals surface area contributed by atoms with Crippen LogP contribution >= 0.6 is 0 Å². The van der Waals surface area contributed by atoms with E-state index in [4.69, 9.17) is 5.11 Å². The standard InChI is InChI=1S/C14H19N3O2/c1-10(2)6-3-4-9-17-12-8-5-7-11(14(18)19)13(12)15-16-17/h5,7-8,10H,3-4,6,9H2,1-2H3,(H,18,19). The van der Waals surface area contributed by atoms with Gasteiger partial charge in [0.2, 0.25) is 0 Å². The Kier molecular flexibility index (Phi) is 4.14. The molecule has 1 N–H and O–H groups in total. The fourth-order valence-electron chi connectivity index (χ4n) is 2.14. The number of fused-ring (bicyclic) bond motifs is 1. The molecule has 5 nitrogen and oxygen atoms in total. The molecule has 1 heterocycles. The molecule has 5 heteroatoms. The van der Waals surface area contributed by atoms with Crippen molar-refractivity contribution in [3.8, 4) is 0 Å². The van der Waals surface area contributed by atoms with Crippen molar-refractivity contribution in [1.29, 1.82) is 0 Å². The van der Waals surface area contributed by atoms with Gasteiger partial charge in [0.05, 0.1) is 11.1 Å². The minimum atomic E-state index is -0.961. The van der Waals surface area contributed by atoms with Gasteiger partial charge in [-0.3, -0.25) is 0 Å². The van der Waals surface area contributed by atoms with Gasteiger partial charge in [-0.2, -0.15) is 0 Å². The van der Waals surface area contributed by atoms with Crippen molar-refractivity contribution in [2.24, 2.45) is 5.92 Å². The molecule has 0 spiro atoms. The van der Waals surface area contributed by atoms with Crippen LogP contribution in [0.1, 0.15) is 43.5 Å². The molecule has 0 saturated heterocycles. The van der Waals surface area contributed by atoms with Gasteiger partial charge in [0.15, 0.2) is 0 Å². The summed E-state index contributed by atoms with van der Waals surface area (Å²) in [5.74, 6) is -0.247. The number of carboxylic acid groups (broad SMARTS) is 1. The number of hydrogen-bond donors (Lipinski definition) is 1. The van der Waals surface area contributed by atoms with Crippen LogP contribution in [0.25, 0.3) is 11.0 Å². The molecule has 0 bridgehead atoms. The molecule has 2 aromatic rings. The van der Waals surface area contributed by atoms with E-state index in [0.717, 1.165) is 24.9 Å². The Morgan fingerprint density at radius 1 is 1.37 bits per heavy atom. The molecule has 0 aliphatic rings. The molecule has 1 aromatic heterocycles. The Morgan fingerprint density at radius 2 is 2.16 bits per heavy atom. The largest absolute Gasteiger partial charge is 0.478 e. The number of carbonyl (C=O) groups is 1. The van der Waals surface area contributed by atoms with Crippen molar-refractivity contribution in [2.75, 3.05) is 0 Å². The monoisotopic (exact) mass is 261 g/mol. The Labute approximate surface area is 112 Å². The van der Waals surface area contributed by atoms with Crippen molar-refractivity contribution in [3.05, 3.63) is 23.8 Å². The van der Waals surface area contributed by atoms with E-state index in [-0.39, 0.29) is 5.56 Å². The van der Waals surface area contributed by atoms with Gasteiger partial charge in [-0.15, -0.1) is 5.10 Å². The van der Waals surface area contributed by atoms with Crippen LogP contribution in [0.3, 0.4) is 0 Å². The molecular weight excluding hydrogens is 242 g/mol. The first-order chi connectivity index (χ1) is 9.09. The summed E-state index contributed by atoms with van der Waals surface area (Å²) in [6.45, 7) is 5.21. The first kappa shape index (κ1) is 13.5. The number of aromatic nitrogens is 3. The molecule has 0 unspecified atom stereocenters. The molecule has 0 saturated carbocycles. The summed E-state index contributed by atoms with van der Waals surface area (Å²) in [7, 11) is 0. The molecule has 0 fully saturated rings. The number of rotatable bonds is 6. The molecule has 0 aliphatic heterocycles. The van der Waals surface area contributed by atoms with E-state index in [1.165, 1.54) is 6.42 Å². The lowest BCUT2D eigenvalue weighted by molar-refractivity contribution is 0.0699. The van der Waals surface area contributed by atoms with Crippen molar-refractivity contribution in [1.82, 2.24) is 15.0 Å². The minimum Gasteiger partial charge on any atom is -0.478 e. The number of unbranched alkanes of at least 4 members (excludes halogenated alkanes) is 1. The Morgan fingerprint density at radius 3 is 2.84 bits per heavy atom. The highest BCUT2D eigenvalue weighted by Gasteiger charge is 2.13. The third-order valence-electron chi connectivity index (χ3n) is 3.18. The highest BCUT2D eigenvalue weighted by Crippen LogP contribution is 2.17. The quantitative estimate of drug-likeness (QED) is 0.812. The highest BCUT2D eigenvalue weighted by atomic mass is 16.4. The number of aromatic carboxylic acids is 1. The summed E-state index contributed by atoms with van der Waals surface area (Å²) in [5.41, 5.74) is 1.48. The number of carboxylic acids is 1. The lowest BCUT2D eigenvalue weighted by atomic mass is 10.1. The van der Waals surface area contributed by atoms with Gasteiger partial charge in [-0.25, -0.2) is 9.48 Å². The molecule has 1 aromatic carbocycles. The average molecular weight is 261 g/mol. The Balaban J connectivity index is 2.12. The third-order valence-corrected chi connectivity index (χ3v) is 3.18. The molecule has 0 radical (unpaired) electrons. The van der Waals surface area contributed by atoms with Crippen LogP contribution in [0.2, 0.25) is 0 Å². The van der Waals surface area contributed by atoms with Gasteiger partial charge >= 0.3 is 5.97 Å². The second-order valence-electron chi connectivity index (χ2n) is 5.18. The molecule has 0 aliphatic carbocycles. The van der Waals surface area contributed by atoms with Crippen molar-refractivity contribution in [2.45, 2.75) is 39.7 Å². The van der Waals surface area contributed by atoms with E-state index in [1.54, 1.807) is 16.8 Å². The lowest BCUT2D eigenvalue weighted by Crippen LogP contribution is -2.01. The van der Waals surface area contributed by atoms with E-state index in [9.17, 15) is 4.79 Å². The normalized spacial score (nSPS) is 11.3. The first-order valence-corrected chi connectivity index (χ1v) is 6.65. The number of nitrogens with zero attached hydrogens (tertiary/aromatic N) is 3. The molecule has 102 valence electrons. The number of benzene rings is 1. The zero-order valence-electron chi connectivity index (χ0n) is 11.3. The van der Waals surface area contributed by atoms with Crippen LogP contribution in [0.15, 0.2) is 18.2 Å². The van der Waals surface area contributed by atoms with Gasteiger partial charge in [0.25, 0.3) is 0 Å². The van der Waals surface area contributed by atoms with E-state index < -0.39 is 5.97 Å². The fourth-order valence-corrected chi connectivity index (χ4v) is 2.14. The van der Waals surface area contributed by atoms with Crippen LogP contribution in [0, 0.1) is 5.92 Å². The van der Waals surface area contributed by atoms with Gasteiger partial charge in [-0.1, -0.05) is 38.0 Å². The predicted molar refractivity (Wildman–Crippen MR) is 73.2 cm³/mol. The Hall–Kier alpha value is -1.91. The molecule has 0 amide bonds. The van der Waals surface area contributed by atoms with Crippen molar-refractivity contribution >= 4 is 17.0 Å². The Bertz CT molecular complexity index is 575. The third kappa shape index (κ3) is 3.10. The van der Waals surface area contributed by atoms with Crippen LogP contribution in [0.4, 0.5) is 0 Å². The molecule has 2 rings (SSSR count). The smallest absolute Gasteiger partial charge is 0.338 e. The maximum Gasteiger partial charge on any atom is 0.338 e. The topological polar surface area (TPSA) is 68.0 Å². The second kappa shape index (κ2) is 5.82. The molecular formula is C14H19N3O2. The zero-order chi connectivity index (χ0) is 13.8. The highest BCUT2D eigenvalue weighted by molar-refractivity contribution is 6.00. The average Bonchev–Trinajstić information content (AvgIpc) is 2.77. The van der Waals surface area contributed by atoms with Gasteiger partial charge in [-0.05, 0) is 24.5 Å². The van der Waals surface area contributed by atoms with Crippen LogP contribution in [-0.2, 0) is 6.54 Å². The number of aryl methyl sites for hydroxylation is 1. The van der Waals surface area contributed by atoms with E-state index in [2.05, 4.69) is 24.2 Å². The lowest BCUT2D eigenvalue weighted by Gasteiger charge is -2.05. The van der Waals surface area contributed by atoms with Crippen molar-refractivity contribution < 1.29 is 9.90 Å². The van der Waals surface area contributed by atoms with Crippen LogP contribution in [0.5, 0.6) is 0 Å². The summed E-state index contributed by atoms with van der Waals surface area (Å²) in [5, 5.41) is 17.1. The number of hydrogen-bond acceptors (Lipinski definition) is 3. The van der Waals surface area contributed by atoms with E-state index in [1.807, 2.05) is 6.07 Å². The maximum absolute atomic E-state index is 11.1. The first-order valence-electron chi connectivity index (χ1n) is 6.65. The SMILES string of the molecule is CC(C)CCCCn1nnc2c(C(=O)O)cccc21. The van der Waals surface area contributed by atoms with Gasteiger partial charge in [0, 0.05) is 6.54 Å². The van der Waals surface area contributed by atoms with E-state index in [0.29, 0.717) is 11.4 Å². The summed E-state index contributed by atoms with van der Waals surface area (Å²) in [6.07, 6.45) is 3.39.